The summed E-state index contributed by atoms with van der Waals surface area (Å²) in [4.78, 5) is 24.6. The second-order valence-electron chi connectivity index (χ2n) is 5.35. The number of carboxylic acid groups (broad SMARTS) is 1. The van der Waals surface area contributed by atoms with Gasteiger partial charge in [-0.2, -0.15) is 0 Å². The Balaban J connectivity index is 1.86. The van der Waals surface area contributed by atoms with Gasteiger partial charge in [0, 0.05) is 19.5 Å². The number of hydrogen-bond acceptors (Lipinski definition) is 2. The van der Waals surface area contributed by atoms with Crippen LogP contribution < -0.4 is 0 Å². The third kappa shape index (κ3) is 4.61. The van der Waals surface area contributed by atoms with Gasteiger partial charge in [-0.15, -0.1) is 0 Å². The average molecular weight is 330 g/mol. The Morgan fingerprint density at radius 2 is 2.05 bits per heavy atom. The van der Waals surface area contributed by atoms with E-state index in [4.69, 9.17) is 28.3 Å². The molecule has 0 saturated carbocycles. The van der Waals surface area contributed by atoms with Gasteiger partial charge in [-0.1, -0.05) is 29.3 Å². The molecule has 21 heavy (non-hydrogen) atoms. The second-order valence-corrected chi connectivity index (χ2v) is 6.17. The molecular formula is C15H17Cl2NO3. The molecule has 1 aliphatic heterocycles. The average Bonchev–Trinajstić information content (AvgIpc) is 2.89. The first-order valence-corrected chi connectivity index (χ1v) is 7.65. The van der Waals surface area contributed by atoms with Crippen LogP contribution in [0.2, 0.25) is 10.0 Å². The molecule has 4 nitrogen and oxygen atoms in total. The normalized spacial score (nSPS) is 18.0. The first kappa shape index (κ1) is 16.1. The highest BCUT2D eigenvalue weighted by molar-refractivity contribution is 6.42. The molecule has 0 radical (unpaired) electrons. The third-order valence-corrected chi connectivity index (χ3v) is 4.48. The van der Waals surface area contributed by atoms with E-state index in [2.05, 4.69) is 0 Å². The number of carbonyl (C=O) groups excluding carboxylic acids is 1. The molecule has 114 valence electrons. The molecule has 0 aromatic heterocycles. The van der Waals surface area contributed by atoms with E-state index < -0.39 is 5.97 Å². The van der Waals surface area contributed by atoms with Crippen LogP contribution in [-0.2, 0) is 16.0 Å². The molecule has 1 amide bonds. The van der Waals surface area contributed by atoms with E-state index in [1.165, 1.54) is 0 Å². The molecule has 6 heteroatoms. The Morgan fingerprint density at radius 1 is 1.29 bits per heavy atom. The lowest BCUT2D eigenvalue weighted by molar-refractivity contribution is -0.137. The van der Waals surface area contributed by atoms with Crippen LogP contribution in [0.25, 0.3) is 0 Å². The highest BCUT2D eigenvalue weighted by atomic mass is 35.5. The highest BCUT2D eigenvalue weighted by Gasteiger charge is 2.26. The summed E-state index contributed by atoms with van der Waals surface area (Å²) in [7, 11) is 0. The number of likely N-dealkylation sites (tertiary alicyclic amines) is 1. The molecule has 0 spiro atoms. The van der Waals surface area contributed by atoms with Crippen molar-refractivity contribution < 1.29 is 14.7 Å². The predicted octanol–water partition coefficient (Wildman–Crippen LogP) is 3.25. The molecule has 0 bridgehead atoms. The number of halogens is 2. The van der Waals surface area contributed by atoms with Gasteiger partial charge >= 0.3 is 5.97 Å². The molecule has 1 aromatic carbocycles. The molecule has 1 heterocycles. The zero-order chi connectivity index (χ0) is 15.4. The third-order valence-electron chi connectivity index (χ3n) is 3.74. The van der Waals surface area contributed by atoms with E-state index in [9.17, 15) is 9.59 Å². The van der Waals surface area contributed by atoms with Crippen molar-refractivity contribution in [2.24, 2.45) is 5.92 Å². The quantitative estimate of drug-likeness (QED) is 0.902. The van der Waals surface area contributed by atoms with Crippen LogP contribution in [-0.4, -0.2) is 35.0 Å². The maximum atomic E-state index is 12.2. The number of nitrogens with zero attached hydrogens (tertiary/aromatic N) is 1. The minimum Gasteiger partial charge on any atom is -0.481 e. The standard InChI is InChI=1S/C15H17Cl2NO3/c16-12-3-1-11(7-13(12)17)8-14(19)18-6-5-10(9-18)2-4-15(20)21/h1,3,7,10H,2,4-6,8-9H2,(H,20,21). The number of carbonyl (C=O) groups is 2. The topological polar surface area (TPSA) is 57.6 Å². The number of hydrogen-bond donors (Lipinski definition) is 1. The van der Waals surface area contributed by atoms with Crippen LogP contribution in [0.5, 0.6) is 0 Å². The van der Waals surface area contributed by atoms with E-state index in [1.54, 1.807) is 23.1 Å². The zero-order valence-corrected chi connectivity index (χ0v) is 13.0. The monoisotopic (exact) mass is 329 g/mol. The van der Waals surface area contributed by atoms with Gasteiger partial charge < -0.3 is 10.0 Å². The molecule has 1 N–H and O–H groups in total. The highest BCUT2D eigenvalue weighted by Crippen LogP contribution is 2.25. The Morgan fingerprint density at radius 3 is 2.71 bits per heavy atom. The molecule has 0 aliphatic carbocycles. The van der Waals surface area contributed by atoms with Gasteiger partial charge in [0.2, 0.25) is 5.91 Å². The zero-order valence-electron chi connectivity index (χ0n) is 11.5. The fraction of sp³-hybridized carbons (Fsp3) is 0.467. The summed E-state index contributed by atoms with van der Waals surface area (Å²) < 4.78 is 0. The van der Waals surface area contributed by atoms with Gasteiger partial charge in [0.05, 0.1) is 16.5 Å². The fourth-order valence-corrected chi connectivity index (χ4v) is 2.88. The van der Waals surface area contributed by atoms with Gasteiger partial charge in [0.15, 0.2) is 0 Å². The van der Waals surface area contributed by atoms with Crippen LogP contribution in [0.1, 0.15) is 24.8 Å². The lowest BCUT2D eigenvalue weighted by atomic mass is 10.0. The van der Waals surface area contributed by atoms with E-state index >= 15 is 0 Å². The minimum atomic E-state index is -0.782. The number of rotatable bonds is 5. The largest absolute Gasteiger partial charge is 0.481 e. The fourth-order valence-electron chi connectivity index (χ4n) is 2.56. The van der Waals surface area contributed by atoms with E-state index in [0.717, 1.165) is 12.0 Å². The summed E-state index contributed by atoms with van der Waals surface area (Å²) in [5.74, 6) is -0.444. The first-order chi connectivity index (χ1) is 9.95. The van der Waals surface area contributed by atoms with Gasteiger partial charge in [-0.3, -0.25) is 9.59 Å². The Hall–Kier alpha value is -1.26. The van der Waals surface area contributed by atoms with Gasteiger partial charge in [-0.25, -0.2) is 0 Å². The van der Waals surface area contributed by atoms with Crippen molar-refractivity contribution in [2.75, 3.05) is 13.1 Å². The van der Waals surface area contributed by atoms with Crippen molar-refractivity contribution in [3.63, 3.8) is 0 Å². The molecule has 1 atom stereocenters. The predicted molar refractivity (Wildman–Crippen MR) is 81.7 cm³/mol. The molecule has 1 aromatic rings. The van der Waals surface area contributed by atoms with Crippen molar-refractivity contribution in [3.8, 4) is 0 Å². The summed E-state index contributed by atoms with van der Waals surface area (Å²) in [6.07, 6.45) is 1.97. The Kier molecular flexibility index (Phi) is 5.48. The van der Waals surface area contributed by atoms with Crippen molar-refractivity contribution in [3.05, 3.63) is 33.8 Å². The molecule has 1 fully saturated rings. The van der Waals surface area contributed by atoms with Crippen LogP contribution in [0.3, 0.4) is 0 Å². The minimum absolute atomic E-state index is 0.0474. The summed E-state index contributed by atoms with van der Waals surface area (Å²) in [5, 5.41) is 9.61. The second kappa shape index (κ2) is 7.14. The molecule has 1 unspecified atom stereocenters. The molecule has 2 rings (SSSR count). The van der Waals surface area contributed by atoms with Crippen LogP contribution in [0.15, 0.2) is 18.2 Å². The van der Waals surface area contributed by atoms with Crippen molar-refractivity contribution in [1.82, 2.24) is 4.90 Å². The summed E-state index contributed by atoms with van der Waals surface area (Å²) in [6, 6.07) is 5.19. The van der Waals surface area contributed by atoms with E-state index in [0.29, 0.717) is 41.9 Å². The van der Waals surface area contributed by atoms with E-state index in [1.807, 2.05) is 0 Å². The maximum Gasteiger partial charge on any atom is 0.303 e. The lowest BCUT2D eigenvalue weighted by Crippen LogP contribution is -2.30. The summed E-state index contributed by atoms with van der Waals surface area (Å²) >= 11 is 11.8. The Labute approximate surface area is 133 Å². The van der Waals surface area contributed by atoms with Gasteiger partial charge in [-0.05, 0) is 36.5 Å². The van der Waals surface area contributed by atoms with E-state index in [-0.39, 0.29) is 12.3 Å². The van der Waals surface area contributed by atoms with Crippen molar-refractivity contribution in [1.29, 1.82) is 0 Å². The SMILES string of the molecule is O=C(O)CCC1CCN(C(=O)Cc2ccc(Cl)c(Cl)c2)C1. The van der Waals surface area contributed by atoms with Crippen molar-refractivity contribution >= 4 is 35.1 Å². The van der Waals surface area contributed by atoms with Gasteiger partial charge in [0.25, 0.3) is 0 Å². The van der Waals surface area contributed by atoms with Crippen molar-refractivity contribution in [2.45, 2.75) is 25.7 Å². The molecular weight excluding hydrogens is 313 g/mol. The van der Waals surface area contributed by atoms with Crippen LogP contribution >= 0.6 is 23.2 Å². The summed E-state index contributed by atoms with van der Waals surface area (Å²) in [6.45, 7) is 1.35. The smallest absolute Gasteiger partial charge is 0.303 e. The maximum absolute atomic E-state index is 12.2. The Bertz CT molecular complexity index is 548. The lowest BCUT2D eigenvalue weighted by Gasteiger charge is -2.16. The summed E-state index contributed by atoms with van der Waals surface area (Å²) in [5.41, 5.74) is 0.836. The van der Waals surface area contributed by atoms with Crippen LogP contribution in [0.4, 0.5) is 0 Å². The first-order valence-electron chi connectivity index (χ1n) is 6.89. The van der Waals surface area contributed by atoms with Crippen LogP contribution in [0, 0.1) is 5.92 Å². The number of benzene rings is 1. The van der Waals surface area contributed by atoms with Gasteiger partial charge in [0.1, 0.15) is 0 Å². The number of aliphatic carboxylic acids is 1. The number of amides is 1. The molecule has 1 aliphatic rings. The molecule has 1 saturated heterocycles. The number of carboxylic acids is 1.